The van der Waals surface area contributed by atoms with E-state index < -0.39 is 21.9 Å². The number of sulfonamides is 1. The van der Waals surface area contributed by atoms with E-state index in [1.54, 1.807) is 43.3 Å². The Hall–Kier alpha value is -2.65. The average molecular weight is 526 g/mol. The summed E-state index contributed by atoms with van der Waals surface area (Å²) >= 11 is 6.01. The fourth-order valence-corrected chi connectivity index (χ4v) is 4.62. The van der Waals surface area contributed by atoms with Gasteiger partial charge in [-0.05, 0) is 43.5 Å². The average Bonchev–Trinajstić information content (AvgIpc) is 2.78. The minimum atomic E-state index is -3.62. The van der Waals surface area contributed by atoms with Crippen LogP contribution in [-0.2, 0) is 26.2 Å². The second-order valence-corrected chi connectivity index (χ2v) is 11.2. The molecule has 2 amide bonds. The standard InChI is InChI=1S/C25H33ClFN3O4S/c1-18(2)16-28-25(32)19(3)29(17-20-9-5-6-12-23(20)27)24(31)13-8-14-30(35(4,33)34)22-11-7-10-21(26)15-22/h5-7,9-12,15,18-19H,8,13-14,16-17H2,1-4H3,(H,28,32). The number of hydrogen-bond donors (Lipinski definition) is 1. The van der Waals surface area contributed by atoms with Crippen molar-refractivity contribution >= 4 is 39.1 Å². The van der Waals surface area contributed by atoms with E-state index in [4.69, 9.17) is 11.6 Å². The predicted octanol–water partition coefficient (Wildman–Crippen LogP) is 4.21. The van der Waals surface area contributed by atoms with Gasteiger partial charge >= 0.3 is 0 Å². The topological polar surface area (TPSA) is 86.8 Å². The third kappa shape index (κ3) is 8.81. The lowest BCUT2D eigenvalue weighted by Gasteiger charge is -2.29. The van der Waals surface area contributed by atoms with Gasteiger partial charge in [0.05, 0.1) is 11.9 Å². The predicted molar refractivity (Wildman–Crippen MR) is 137 cm³/mol. The first-order valence-corrected chi connectivity index (χ1v) is 13.7. The van der Waals surface area contributed by atoms with E-state index >= 15 is 0 Å². The van der Waals surface area contributed by atoms with Crippen LogP contribution in [0.25, 0.3) is 0 Å². The lowest BCUT2D eigenvalue weighted by atomic mass is 10.1. The summed E-state index contributed by atoms with van der Waals surface area (Å²) < 4.78 is 40.2. The van der Waals surface area contributed by atoms with E-state index in [0.29, 0.717) is 22.8 Å². The first-order valence-electron chi connectivity index (χ1n) is 11.4. The molecule has 1 N–H and O–H groups in total. The van der Waals surface area contributed by atoms with Crippen LogP contribution in [-0.4, -0.2) is 50.5 Å². The maximum atomic E-state index is 14.3. The highest BCUT2D eigenvalue weighted by molar-refractivity contribution is 7.92. The molecule has 7 nitrogen and oxygen atoms in total. The Morgan fingerprint density at radius 3 is 2.37 bits per heavy atom. The van der Waals surface area contributed by atoms with Gasteiger partial charge in [-0.3, -0.25) is 13.9 Å². The quantitative estimate of drug-likeness (QED) is 0.449. The second kappa shape index (κ2) is 12.9. The number of amides is 2. The van der Waals surface area contributed by atoms with E-state index in [1.165, 1.54) is 21.3 Å². The molecule has 2 aromatic rings. The van der Waals surface area contributed by atoms with Crippen LogP contribution in [0.2, 0.25) is 5.02 Å². The summed E-state index contributed by atoms with van der Waals surface area (Å²) in [6, 6.07) is 11.7. The summed E-state index contributed by atoms with van der Waals surface area (Å²) in [7, 11) is -3.62. The summed E-state index contributed by atoms with van der Waals surface area (Å²) in [5.41, 5.74) is 0.693. The summed E-state index contributed by atoms with van der Waals surface area (Å²) in [6.07, 6.45) is 1.26. The van der Waals surface area contributed by atoms with Gasteiger partial charge < -0.3 is 10.2 Å². The van der Waals surface area contributed by atoms with Crippen molar-refractivity contribution in [3.8, 4) is 0 Å². The Morgan fingerprint density at radius 1 is 1.09 bits per heavy atom. The molecule has 2 rings (SSSR count). The number of carbonyl (C=O) groups excluding carboxylic acids is 2. The number of halogens is 2. The molecule has 35 heavy (non-hydrogen) atoms. The molecule has 0 bridgehead atoms. The SMILES string of the molecule is CC(C)CNC(=O)C(C)N(Cc1ccccc1F)C(=O)CCCN(c1cccc(Cl)c1)S(C)(=O)=O. The van der Waals surface area contributed by atoms with Gasteiger partial charge in [0.15, 0.2) is 0 Å². The van der Waals surface area contributed by atoms with Crippen LogP contribution in [0, 0.1) is 11.7 Å². The lowest BCUT2D eigenvalue weighted by Crippen LogP contribution is -2.48. The van der Waals surface area contributed by atoms with Crippen LogP contribution in [0.4, 0.5) is 10.1 Å². The smallest absolute Gasteiger partial charge is 0.242 e. The van der Waals surface area contributed by atoms with Gasteiger partial charge in [-0.25, -0.2) is 12.8 Å². The van der Waals surface area contributed by atoms with Crippen molar-refractivity contribution in [2.45, 2.75) is 46.2 Å². The second-order valence-electron chi connectivity index (χ2n) is 8.85. The molecule has 0 heterocycles. The molecule has 0 saturated carbocycles. The molecule has 192 valence electrons. The van der Waals surface area contributed by atoms with Crippen LogP contribution in [0.1, 0.15) is 39.2 Å². The third-order valence-corrected chi connectivity index (χ3v) is 6.83. The molecule has 0 spiro atoms. The van der Waals surface area contributed by atoms with Gasteiger partial charge in [-0.2, -0.15) is 0 Å². The van der Waals surface area contributed by atoms with E-state index in [2.05, 4.69) is 5.32 Å². The Balaban J connectivity index is 2.17. The number of hydrogen-bond acceptors (Lipinski definition) is 4. The molecule has 1 atom stereocenters. The molecular formula is C25H33ClFN3O4S. The highest BCUT2D eigenvalue weighted by atomic mass is 35.5. The molecule has 0 aliphatic rings. The molecular weight excluding hydrogens is 493 g/mol. The molecule has 2 aromatic carbocycles. The van der Waals surface area contributed by atoms with Crippen LogP contribution < -0.4 is 9.62 Å². The Labute approximate surface area is 212 Å². The van der Waals surface area contributed by atoms with Gasteiger partial charge in [0, 0.05) is 36.6 Å². The Bertz CT molecular complexity index is 1130. The fraction of sp³-hybridized carbons (Fsp3) is 0.440. The summed E-state index contributed by atoms with van der Waals surface area (Å²) in [6.45, 7) is 5.94. The highest BCUT2D eigenvalue weighted by Crippen LogP contribution is 2.23. The molecule has 0 radical (unpaired) electrons. The van der Waals surface area contributed by atoms with Gasteiger partial charge in [0.1, 0.15) is 11.9 Å². The van der Waals surface area contributed by atoms with Gasteiger partial charge in [0.2, 0.25) is 21.8 Å². The Kier molecular flexibility index (Phi) is 10.5. The van der Waals surface area contributed by atoms with Crippen molar-refractivity contribution < 1.29 is 22.4 Å². The minimum absolute atomic E-state index is 0.0250. The van der Waals surface area contributed by atoms with E-state index in [-0.39, 0.29) is 43.7 Å². The van der Waals surface area contributed by atoms with Crippen LogP contribution in [0.3, 0.4) is 0 Å². The third-order valence-electron chi connectivity index (χ3n) is 5.40. The van der Waals surface area contributed by atoms with Crippen LogP contribution >= 0.6 is 11.6 Å². The molecule has 0 saturated heterocycles. The van der Waals surface area contributed by atoms with E-state index in [0.717, 1.165) is 6.26 Å². The number of nitrogens with zero attached hydrogens (tertiary/aromatic N) is 2. The number of anilines is 1. The van der Waals surface area contributed by atoms with Crippen molar-refractivity contribution in [1.29, 1.82) is 0 Å². The zero-order valence-corrected chi connectivity index (χ0v) is 22.1. The van der Waals surface area contributed by atoms with Crippen molar-refractivity contribution in [3.63, 3.8) is 0 Å². The first-order chi connectivity index (χ1) is 16.4. The zero-order valence-electron chi connectivity index (χ0n) is 20.5. The van der Waals surface area contributed by atoms with Crippen molar-refractivity contribution in [2.24, 2.45) is 5.92 Å². The van der Waals surface area contributed by atoms with Gasteiger partial charge in [0.25, 0.3) is 0 Å². The molecule has 0 aliphatic carbocycles. The molecule has 0 aromatic heterocycles. The number of carbonyl (C=O) groups is 2. The van der Waals surface area contributed by atoms with E-state index in [9.17, 15) is 22.4 Å². The fourth-order valence-electron chi connectivity index (χ4n) is 3.48. The number of nitrogens with one attached hydrogen (secondary N) is 1. The van der Waals surface area contributed by atoms with E-state index in [1.807, 2.05) is 13.8 Å². The van der Waals surface area contributed by atoms with Crippen molar-refractivity contribution in [2.75, 3.05) is 23.7 Å². The maximum absolute atomic E-state index is 14.3. The first kappa shape index (κ1) is 28.6. The van der Waals surface area contributed by atoms with Crippen LogP contribution in [0.15, 0.2) is 48.5 Å². The van der Waals surface area contributed by atoms with Crippen molar-refractivity contribution in [3.05, 3.63) is 64.9 Å². The molecule has 1 unspecified atom stereocenters. The summed E-state index contributed by atoms with van der Waals surface area (Å²) in [4.78, 5) is 27.2. The molecule has 0 aliphatic heterocycles. The molecule has 0 fully saturated rings. The maximum Gasteiger partial charge on any atom is 0.242 e. The minimum Gasteiger partial charge on any atom is -0.354 e. The monoisotopic (exact) mass is 525 g/mol. The van der Waals surface area contributed by atoms with Crippen LogP contribution in [0.5, 0.6) is 0 Å². The zero-order chi connectivity index (χ0) is 26.2. The largest absolute Gasteiger partial charge is 0.354 e. The highest BCUT2D eigenvalue weighted by Gasteiger charge is 2.27. The number of benzene rings is 2. The lowest BCUT2D eigenvalue weighted by molar-refractivity contribution is -0.140. The Morgan fingerprint density at radius 2 is 1.77 bits per heavy atom. The molecule has 10 heteroatoms. The summed E-state index contributed by atoms with van der Waals surface area (Å²) in [5, 5.41) is 3.21. The summed E-state index contributed by atoms with van der Waals surface area (Å²) in [5.74, 6) is -0.945. The van der Waals surface area contributed by atoms with Gasteiger partial charge in [-0.15, -0.1) is 0 Å². The number of rotatable bonds is 12. The van der Waals surface area contributed by atoms with Gasteiger partial charge in [-0.1, -0.05) is 49.7 Å². The normalized spacial score (nSPS) is 12.3. The van der Waals surface area contributed by atoms with Crippen molar-refractivity contribution in [1.82, 2.24) is 10.2 Å².